The molecule has 1 fully saturated rings. The van der Waals surface area contributed by atoms with E-state index in [0.29, 0.717) is 17.5 Å². The first-order valence-electron chi connectivity index (χ1n) is 6.01. The van der Waals surface area contributed by atoms with Gasteiger partial charge in [0.2, 0.25) is 5.76 Å². The molecule has 1 aromatic rings. The number of rotatable bonds is 5. The lowest BCUT2D eigenvalue weighted by molar-refractivity contribution is 0.0548. The molecule has 0 spiro atoms. The number of halogens is 1. The minimum absolute atomic E-state index is 0.00866. The fourth-order valence-electron chi connectivity index (χ4n) is 2.02. The van der Waals surface area contributed by atoms with E-state index < -0.39 is 0 Å². The van der Waals surface area contributed by atoms with Crippen LogP contribution in [0.2, 0.25) is 0 Å². The number of nitrogens with zero attached hydrogens (tertiary/aromatic N) is 2. The third kappa shape index (κ3) is 2.70. The lowest BCUT2D eigenvalue weighted by Gasteiger charge is -2.37. The Hall–Kier alpha value is -0.840. The fourth-order valence-corrected chi connectivity index (χ4v) is 2.27. The predicted octanol–water partition coefficient (Wildman–Crippen LogP) is 2.76. The second-order valence-corrected chi connectivity index (χ2v) is 5.19. The summed E-state index contributed by atoms with van der Waals surface area (Å²) in [5, 5.41) is 0.916. The summed E-state index contributed by atoms with van der Waals surface area (Å²) in [6.45, 7) is 2.59. The number of hydrogen-bond donors (Lipinski definition) is 0. The maximum Gasteiger partial charge on any atom is 0.291 e. The SMILES string of the molecule is Cc1ncoc1C(=O)N(CCCBr)C1CCC1. The van der Waals surface area contributed by atoms with Gasteiger partial charge in [-0.05, 0) is 32.6 Å². The first kappa shape index (κ1) is 12.6. The highest BCUT2D eigenvalue weighted by molar-refractivity contribution is 9.09. The molecule has 1 aliphatic carbocycles. The zero-order chi connectivity index (χ0) is 12.3. The van der Waals surface area contributed by atoms with Crippen LogP contribution in [0.25, 0.3) is 0 Å². The molecule has 0 atom stereocenters. The van der Waals surface area contributed by atoms with Gasteiger partial charge in [-0.15, -0.1) is 0 Å². The van der Waals surface area contributed by atoms with Gasteiger partial charge in [0.15, 0.2) is 6.39 Å². The lowest BCUT2D eigenvalue weighted by Crippen LogP contribution is -2.44. The molecular weight excluding hydrogens is 284 g/mol. The van der Waals surface area contributed by atoms with Crippen molar-refractivity contribution in [3.8, 4) is 0 Å². The number of hydrogen-bond acceptors (Lipinski definition) is 3. The molecule has 1 heterocycles. The van der Waals surface area contributed by atoms with Crippen LogP contribution in [-0.2, 0) is 0 Å². The Kier molecular flexibility index (Phi) is 4.20. The Labute approximate surface area is 110 Å². The number of oxazole rings is 1. The molecule has 5 heteroatoms. The Morgan fingerprint density at radius 1 is 1.65 bits per heavy atom. The van der Waals surface area contributed by atoms with Gasteiger partial charge in [-0.25, -0.2) is 4.98 Å². The molecule has 0 saturated heterocycles. The first-order valence-corrected chi connectivity index (χ1v) is 7.13. The predicted molar refractivity (Wildman–Crippen MR) is 68.3 cm³/mol. The Bertz CT molecular complexity index is 388. The molecule has 0 aliphatic heterocycles. The quantitative estimate of drug-likeness (QED) is 0.786. The highest BCUT2D eigenvalue weighted by Gasteiger charge is 2.31. The van der Waals surface area contributed by atoms with Crippen LogP contribution < -0.4 is 0 Å². The van der Waals surface area contributed by atoms with E-state index in [1.807, 2.05) is 4.90 Å². The molecule has 17 heavy (non-hydrogen) atoms. The smallest absolute Gasteiger partial charge is 0.291 e. The summed E-state index contributed by atoms with van der Waals surface area (Å²) in [7, 11) is 0. The van der Waals surface area contributed by atoms with E-state index in [-0.39, 0.29) is 5.91 Å². The highest BCUT2D eigenvalue weighted by atomic mass is 79.9. The van der Waals surface area contributed by atoms with Crippen LogP contribution in [0.15, 0.2) is 10.8 Å². The van der Waals surface area contributed by atoms with Crippen molar-refractivity contribution in [2.24, 2.45) is 0 Å². The number of aryl methyl sites for hydroxylation is 1. The van der Waals surface area contributed by atoms with Gasteiger partial charge in [0, 0.05) is 17.9 Å². The topological polar surface area (TPSA) is 46.3 Å². The van der Waals surface area contributed by atoms with Gasteiger partial charge in [-0.2, -0.15) is 0 Å². The van der Waals surface area contributed by atoms with E-state index >= 15 is 0 Å². The van der Waals surface area contributed by atoms with Crippen molar-refractivity contribution in [1.29, 1.82) is 0 Å². The number of aromatic nitrogens is 1. The van der Waals surface area contributed by atoms with E-state index in [2.05, 4.69) is 20.9 Å². The van der Waals surface area contributed by atoms with Crippen molar-refractivity contribution >= 4 is 21.8 Å². The molecule has 1 aromatic heterocycles. The molecule has 94 valence electrons. The van der Waals surface area contributed by atoms with Gasteiger partial charge in [0.05, 0.1) is 5.69 Å². The Morgan fingerprint density at radius 3 is 2.88 bits per heavy atom. The fraction of sp³-hybridized carbons (Fsp3) is 0.667. The molecule has 1 aliphatic rings. The highest BCUT2D eigenvalue weighted by Crippen LogP contribution is 2.27. The molecular formula is C12H17BrN2O2. The van der Waals surface area contributed by atoms with Gasteiger partial charge < -0.3 is 9.32 Å². The van der Waals surface area contributed by atoms with Crippen LogP contribution in [0.5, 0.6) is 0 Å². The van der Waals surface area contributed by atoms with Crippen LogP contribution in [0.4, 0.5) is 0 Å². The lowest BCUT2D eigenvalue weighted by atomic mass is 9.91. The monoisotopic (exact) mass is 300 g/mol. The van der Waals surface area contributed by atoms with Crippen molar-refractivity contribution in [2.45, 2.75) is 38.6 Å². The van der Waals surface area contributed by atoms with Gasteiger partial charge in [-0.1, -0.05) is 15.9 Å². The van der Waals surface area contributed by atoms with Crippen LogP contribution in [0.3, 0.4) is 0 Å². The largest absolute Gasteiger partial charge is 0.438 e. The zero-order valence-corrected chi connectivity index (χ0v) is 11.6. The van der Waals surface area contributed by atoms with Crippen LogP contribution in [0.1, 0.15) is 41.9 Å². The zero-order valence-electron chi connectivity index (χ0n) is 9.99. The van der Waals surface area contributed by atoms with Gasteiger partial charge in [0.1, 0.15) is 0 Å². The maximum atomic E-state index is 12.3. The molecule has 1 saturated carbocycles. The van der Waals surface area contributed by atoms with Gasteiger partial charge >= 0.3 is 0 Å². The van der Waals surface area contributed by atoms with Crippen molar-refractivity contribution in [3.05, 3.63) is 17.8 Å². The summed E-state index contributed by atoms with van der Waals surface area (Å²) in [5.74, 6) is 0.386. The van der Waals surface area contributed by atoms with Crippen molar-refractivity contribution < 1.29 is 9.21 Å². The summed E-state index contributed by atoms with van der Waals surface area (Å²) in [6, 6.07) is 0.394. The normalized spacial score (nSPS) is 15.6. The van der Waals surface area contributed by atoms with Crippen molar-refractivity contribution in [1.82, 2.24) is 9.88 Å². The maximum absolute atomic E-state index is 12.3. The standard InChI is InChI=1S/C12H17BrN2O2/c1-9-11(17-8-14-9)12(16)15(7-3-6-13)10-4-2-5-10/h8,10H,2-7H2,1H3. The average Bonchev–Trinajstić information content (AvgIpc) is 2.67. The third-order valence-electron chi connectivity index (χ3n) is 3.25. The van der Waals surface area contributed by atoms with Gasteiger partial charge in [0.25, 0.3) is 5.91 Å². The third-order valence-corrected chi connectivity index (χ3v) is 3.81. The van der Waals surface area contributed by atoms with Crippen molar-refractivity contribution in [2.75, 3.05) is 11.9 Å². The average molecular weight is 301 g/mol. The number of amides is 1. The minimum atomic E-state index is -0.00866. The van der Waals surface area contributed by atoms with Crippen LogP contribution >= 0.6 is 15.9 Å². The summed E-state index contributed by atoms with van der Waals surface area (Å²) in [4.78, 5) is 18.3. The number of carbonyl (C=O) groups is 1. The molecule has 0 unspecified atom stereocenters. The van der Waals surface area contributed by atoms with E-state index in [1.165, 1.54) is 12.8 Å². The van der Waals surface area contributed by atoms with E-state index in [4.69, 9.17) is 4.42 Å². The second-order valence-electron chi connectivity index (χ2n) is 4.39. The molecule has 4 nitrogen and oxygen atoms in total. The summed E-state index contributed by atoms with van der Waals surface area (Å²) >= 11 is 3.41. The van der Waals surface area contributed by atoms with Crippen LogP contribution in [-0.4, -0.2) is 33.7 Å². The molecule has 0 N–H and O–H groups in total. The molecule has 0 radical (unpaired) electrons. The molecule has 0 bridgehead atoms. The molecule has 0 aromatic carbocycles. The Balaban J connectivity index is 2.09. The summed E-state index contributed by atoms with van der Waals surface area (Å²) in [5.41, 5.74) is 0.679. The summed E-state index contributed by atoms with van der Waals surface area (Å²) < 4.78 is 5.19. The van der Waals surface area contributed by atoms with E-state index in [0.717, 1.165) is 31.1 Å². The minimum Gasteiger partial charge on any atom is -0.438 e. The van der Waals surface area contributed by atoms with E-state index in [9.17, 15) is 4.79 Å². The number of carbonyl (C=O) groups excluding carboxylic acids is 1. The molecule has 1 amide bonds. The Morgan fingerprint density at radius 2 is 2.41 bits per heavy atom. The second kappa shape index (κ2) is 5.67. The number of alkyl halides is 1. The van der Waals surface area contributed by atoms with Crippen LogP contribution in [0, 0.1) is 6.92 Å². The van der Waals surface area contributed by atoms with E-state index in [1.54, 1.807) is 6.92 Å². The van der Waals surface area contributed by atoms with Gasteiger partial charge in [-0.3, -0.25) is 4.79 Å². The first-order chi connectivity index (χ1) is 8.24. The molecule has 2 rings (SSSR count). The van der Waals surface area contributed by atoms with Crippen molar-refractivity contribution in [3.63, 3.8) is 0 Å². The summed E-state index contributed by atoms with van der Waals surface area (Å²) in [6.07, 6.45) is 5.75.